The molecule has 4 heterocycles. The van der Waals surface area contributed by atoms with Gasteiger partial charge in [0.2, 0.25) is 5.60 Å². The topological polar surface area (TPSA) is 132 Å². The van der Waals surface area contributed by atoms with Crippen LogP contribution in [0.2, 0.25) is 0 Å². The van der Waals surface area contributed by atoms with E-state index in [0.717, 1.165) is 5.56 Å². The number of aromatic nitrogens is 5. The highest BCUT2D eigenvalue weighted by molar-refractivity contribution is 6.04. The number of rotatable bonds is 3. The predicted molar refractivity (Wildman–Crippen MR) is 124 cm³/mol. The monoisotopic (exact) mass is 455 g/mol. The minimum absolute atomic E-state index is 0.102. The van der Waals surface area contributed by atoms with Crippen LogP contribution in [-0.2, 0) is 11.8 Å². The van der Waals surface area contributed by atoms with Crippen molar-refractivity contribution < 1.29 is 14.7 Å². The fourth-order valence-corrected chi connectivity index (χ4v) is 3.93. The summed E-state index contributed by atoms with van der Waals surface area (Å²) in [6.07, 6.45) is 3.79. The number of pyridine rings is 1. The number of amides is 2. The first-order valence-electron chi connectivity index (χ1n) is 10.6. The molecular weight excluding hydrogens is 434 g/mol. The van der Waals surface area contributed by atoms with Gasteiger partial charge in [0, 0.05) is 44.4 Å². The number of likely N-dealkylation sites (N-methyl/N-ethyl adjacent to an activating group) is 1. The number of hydrogen-bond acceptors (Lipinski definition) is 6. The third-order valence-electron chi connectivity index (χ3n) is 5.78. The number of likely N-dealkylation sites (tertiary alicyclic amines) is 1. The molecule has 10 heteroatoms. The van der Waals surface area contributed by atoms with E-state index in [4.69, 9.17) is 10.7 Å². The molecule has 0 spiro atoms. The van der Waals surface area contributed by atoms with E-state index in [-0.39, 0.29) is 12.1 Å². The number of carbonyl (C=O) groups is 2. The first-order valence-corrected chi connectivity index (χ1v) is 10.6. The van der Waals surface area contributed by atoms with Crippen LogP contribution < -0.4 is 5.73 Å². The van der Waals surface area contributed by atoms with Crippen molar-refractivity contribution in [3.63, 3.8) is 0 Å². The van der Waals surface area contributed by atoms with Crippen LogP contribution in [0.3, 0.4) is 0 Å². The molecule has 3 aromatic heterocycles. The maximum Gasteiger partial charge on any atom is 0.269 e. The normalized spacial score (nSPS) is 17.7. The molecule has 2 amide bonds. The first-order chi connectivity index (χ1) is 16.2. The van der Waals surface area contributed by atoms with Gasteiger partial charge in [0.05, 0.1) is 23.0 Å². The van der Waals surface area contributed by atoms with Gasteiger partial charge in [-0.25, -0.2) is 9.67 Å². The predicted octanol–water partition coefficient (Wildman–Crippen LogP) is 0.865. The summed E-state index contributed by atoms with van der Waals surface area (Å²) in [4.78, 5) is 30.4. The summed E-state index contributed by atoms with van der Waals surface area (Å²) >= 11 is 0. The molecule has 4 aromatic rings. The van der Waals surface area contributed by atoms with Crippen LogP contribution in [0.1, 0.15) is 22.5 Å². The van der Waals surface area contributed by atoms with E-state index in [1.807, 2.05) is 13.2 Å². The summed E-state index contributed by atoms with van der Waals surface area (Å²) in [5.41, 5.74) is 7.08. The van der Waals surface area contributed by atoms with Gasteiger partial charge in [-0.3, -0.25) is 14.3 Å². The van der Waals surface area contributed by atoms with Crippen molar-refractivity contribution in [2.75, 3.05) is 13.6 Å². The Balaban J connectivity index is 1.60. The van der Waals surface area contributed by atoms with Crippen molar-refractivity contribution in [2.24, 2.45) is 12.8 Å². The Hall–Kier alpha value is -4.49. The van der Waals surface area contributed by atoms with Crippen molar-refractivity contribution in [1.82, 2.24) is 29.4 Å². The molecule has 1 unspecified atom stereocenters. The van der Waals surface area contributed by atoms with Crippen LogP contribution in [0.25, 0.3) is 28.0 Å². The van der Waals surface area contributed by atoms with Gasteiger partial charge in [-0.2, -0.15) is 10.2 Å². The van der Waals surface area contributed by atoms with E-state index in [1.165, 1.54) is 9.58 Å². The lowest BCUT2D eigenvalue weighted by Crippen LogP contribution is -2.37. The average Bonchev–Trinajstić information content (AvgIpc) is 3.50. The van der Waals surface area contributed by atoms with Crippen molar-refractivity contribution in [3.8, 4) is 28.8 Å². The second kappa shape index (κ2) is 7.83. The first kappa shape index (κ1) is 21.4. The SMILES string of the molecule is CN1CCC(O)(C#Cc2cccc(-n3nc(C(N)=O)c4ccc(-c5cnn(C)c5)nc43)c2)C1=O. The molecule has 3 N–H and O–H groups in total. The lowest BCUT2D eigenvalue weighted by Gasteiger charge is -2.13. The zero-order valence-corrected chi connectivity index (χ0v) is 18.6. The number of hydrogen-bond donors (Lipinski definition) is 2. The average molecular weight is 455 g/mol. The van der Waals surface area contributed by atoms with E-state index in [9.17, 15) is 14.7 Å². The Kier molecular flexibility index (Phi) is 4.92. The zero-order valence-electron chi connectivity index (χ0n) is 18.6. The van der Waals surface area contributed by atoms with E-state index in [1.54, 1.807) is 54.3 Å². The number of primary amides is 1. The molecule has 5 rings (SSSR count). The molecular formula is C24H21N7O3. The molecule has 0 radical (unpaired) electrons. The van der Waals surface area contributed by atoms with Gasteiger partial charge in [-0.15, -0.1) is 0 Å². The van der Waals surface area contributed by atoms with Crippen molar-refractivity contribution in [1.29, 1.82) is 0 Å². The van der Waals surface area contributed by atoms with Crippen molar-refractivity contribution in [2.45, 2.75) is 12.0 Å². The number of nitrogens with two attached hydrogens (primary N) is 1. The Labute approximate surface area is 194 Å². The van der Waals surface area contributed by atoms with Crippen LogP contribution >= 0.6 is 0 Å². The molecule has 1 aromatic carbocycles. The lowest BCUT2D eigenvalue weighted by atomic mass is 10.0. The summed E-state index contributed by atoms with van der Waals surface area (Å²) in [6, 6.07) is 10.6. The van der Waals surface area contributed by atoms with Gasteiger partial charge in [0.15, 0.2) is 11.3 Å². The quantitative estimate of drug-likeness (QED) is 0.441. The molecule has 0 bridgehead atoms. The maximum atomic E-state index is 12.2. The highest BCUT2D eigenvalue weighted by Crippen LogP contribution is 2.26. The molecule has 1 saturated heterocycles. The molecule has 170 valence electrons. The fraction of sp³-hybridized carbons (Fsp3) is 0.208. The van der Waals surface area contributed by atoms with Gasteiger partial charge in [0.1, 0.15) is 0 Å². The van der Waals surface area contributed by atoms with E-state index >= 15 is 0 Å². The number of fused-ring (bicyclic) bond motifs is 1. The second-order valence-electron chi connectivity index (χ2n) is 8.23. The van der Waals surface area contributed by atoms with Crippen LogP contribution in [0.15, 0.2) is 48.8 Å². The Morgan fingerprint density at radius 2 is 2.06 bits per heavy atom. The fourth-order valence-electron chi connectivity index (χ4n) is 3.93. The minimum Gasteiger partial charge on any atom is -0.369 e. The molecule has 10 nitrogen and oxygen atoms in total. The molecule has 0 saturated carbocycles. The molecule has 1 aliphatic rings. The highest BCUT2D eigenvalue weighted by atomic mass is 16.3. The minimum atomic E-state index is -1.69. The highest BCUT2D eigenvalue weighted by Gasteiger charge is 2.42. The van der Waals surface area contributed by atoms with Gasteiger partial charge in [-0.05, 0) is 30.3 Å². The number of aryl methyl sites for hydroxylation is 1. The second-order valence-corrected chi connectivity index (χ2v) is 8.23. The lowest BCUT2D eigenvalue weighted by molar-refractivity contribution is -0.137. The smallest absolute Gasteiger partial charge is 0.269 e. The van der Waals surface area contributed by atoms with E-state index in [0.29, 0.717) is 34.5 Å². The van der Waals surface area contributed by atoms with Gasteiger partial charge in [-0.1, -0.05) is 17.9 Å². The number of carbonyl (C=O) groups excluding carboxylic acids is 2. The third kappa shape index (κ3) is 3.58. The zero-order chi connectivity index (χ0) is 24.0. The molecule has 34 heavy (non-hydrogen) atoms. The Morgan fingerprint density at radius 3 is 2.74 bits per heavy atom. The van der Waals surface area contributed by atoms with Crippen LogP contribution in [-0.4, -0.2) is 65.6 Å². The van der Waals surface area contributed by atoms with Crippen LogP contribution in [0.4, 0.5) is 0 Å². The van der Waals surface area contributed by atoms with E-state index < -0.39 is 17.4 Å². The Bertz CT molecular complexity index is 1520. The Morgan fingerprint density at radius 1 is 1.24 bits per heavy atom. The maximum absolute atomic E-state index is 12.2. The largest absolute Gasteiger partial charge is 0.369 e. The molecule has 1 atom stereocenters. The summed E-state index contributed by atoms with van der Waals surface area (Å²) in [5, 5.41) is 19.7. The summed E-state index contributed by atoms with van der Waals surface area (Å²) < 4.78 is 3.21. The van der Waals surface area contributed by atoms with E-state index in [2.05, 4.69) is 22.0 Å². The summed E-state index contributed by atoms with van der Waals surface area (Å²) in [7, 11) is 3.45. The van der Waals surface area contributed by atoms with Crippen molar-refractivity contribution in [3.05, 3.63) is 60.0 Å². The van der Waals surface area contributed by atoms with Crippen molar-refractivity contribution >= 4 is 22.8 Å². The summed E-state index contributed by atoms with van der Waals surface area (Å²) in [6.45, 7) is 0.449. The number of aliphatic hydroxyl groups is 1. The number of nitrogens with zero attached hydrogens (tertiary/aromatic N) is 6. The summed E-state index contributed by atoms with van der Waals surface area (Å²) in [5.74, 6) is 4.53. The van der Waals surface area contributed by atoms with Gasteiger partial charge >= 0.3 is 0 Å². The van der Waals surface area contributed by atoms with Gasteiger partial charge < -0.3 is 15.7 Å². The number of benzene rings is 1. The third-order valence-corrected chi connectivity index (χ3v) is 5.78. The van der Waals surface area contributed by atoms with Crippen LogP contribution in [0, 0.1) is 11.8 Å². The molecule has 1 aliphatic heterocycles. The molecule has 0 aliphatic carbocycles. The van der Waals surface area contributed by atoms with Gasteiger partial charge in [0.25, 0.3) is 11.8 Å². The molecule has 1 fully saturated rings. The van der Waals surface area contributed by atoms with Crippen LogP contribution in [0.5, 0.6) is 0 Å². The standard InChI is InChI=1S/C24H21N7O3/c1-29-11-10-24(34,23(29)33)9-8-15-4-3-5-17(12-15)31-22-18(20(28-31)21(25)32)6-7-19(27-22)16-13-26-30(2)14-16/h3-7,12-14,34H,10-11H2,1-2H3,(H2,25,32).